The molecule has 2 aromatic rings. The van der Waals surface area contributed by atoms with E-state index in [0.717, 1.165) is 50.3 Å². The van der Waals surface area contributed by atoms with Crippen molar-refractivity contribution in [2.75, 3.05) is 33.9 Å². The number of rotatable bonds is 9. The number of hydrogen-bond acceptors (Lipinski definition) is 4. The minimum atomic E-state index is -0.317. The summed E-state index contributed by atoms with van der Waals surface area (Å²) in [4.78, 5) is 2.35. The van der Waals surface area contributed by atoms with Gasteiger partial charge in [-0.2, -0.15) is 0 Å². The molecule has 0 spiro atoms. The van der Waals surface area contributed by atoms with E-state index >= 15 is 0 Å². The van der Waals surface area contributed by atoms with Gasteiger partial charge < -0.3 is 14.2 Å². The Morgan fingerprint density at radius 2 is 1.85 bits per heavy atom. The number of halogens is 1. The molecule has 3 rings (SSSR count). The maximum Gasteiger partial charge on any atom is 0.165 e. The average molecular weight is 373 g/mol. The summed E-state index contributed by atoms with van der Waals surface area (Å²) >= 11 is 0. The molecule has 1 aliphatic rings. The van der Waals surface area contributed by atoms with Gasteiger partial charge >= 0.3 is 0 Å². The third-order valence-electron chi connectivity index (χ3n) is 4.98. The highest BCUT2D eigenvalue weighted by Crippen LogP contribution is 2.21. The molecule has 4 nitrogen and oxygen atoms in total. The van der Waals surface area contributed by atoms with E-state index < -0.39 is 0 Å². The predicted octanol–water partition coefficient (Wildman–Crippen LogP) is 4.07. The van der Waals surface area contributed by atoms with Crippen LogP contribution in [0.5, 0.6) is 11.5 Å². The van der Waals surface area contributed by atoms with Crippen LogP contribution < -0.4 is 9.47 Å². The largest absolute Gasteiger partial charge is 0.497 e. The summed E-state index contributed by atoms with van der Waals surface area (Å²) in [6.45, 7) is 3.29. The van der Waals surface area contributed by atoms with Crippen LogP contribution in [0.25, 0.3) is 0 Å². The molecule has 0 radical (unpaired) electrons. The molecule has 0 saturated carbocycles. The molecule has 0 bridgehead atoms. The molecule has 0 amide bonds. The van der Waals surface area contributed by atoms with Gasteiger partial charge in [-0.3, -0.25) is 4.90 Å². The molecule has 5 heteroatoms. The normalized spacial score (nSPS) is 16.7. The first-order chi connectivity index (χ1) is 13.2. The summed E-state index contributed by atoms with van der Waals surface area (Å²) in [5, 5.41) is 0. The van der Waals surface area contributed by atoms with E-state index in [9.17, 15) is 4.39 Å². The molecule has 27 heavy (non-hydrogen) atoms. The van der Waals surface area contributed by atoms with E-state index in [1.54, 1.807) is 19.2 Å². The number of hydrogen-bond donors (Lipinski definition) is 0. The fourth-order valence-corrected chi connectivity index (χ4v) is 3.46. The first-order valence-electron chi connectivity index (χ1n) is 9.47. The fraction of sp³-hybridized carbons (Fsp3) is 0.455. The summed E-state index contributed by atoms with van der Waals surface area (Å²) in [7, 11) is 3.16. The molecule has 1 saturated heterocycles. The lowest BCUT2D eigenvalue weighted by Gasteiger charge is -2.25. The van der Waals surface area contributed by atoms with Crippen molar-refractivity contribution >= 4 is 0 Å². The second kappa shape index (κ2) is 9.72. The van der Waals surface area contributed by atoms with Gasteiger partial charge in [0.15, 0.2) is 11.6 Å². The monoisotopic (exact) mass is 373 g/mol. The lowest BCUT2D eigenvalue weighted by molar-refractivity contribution is 0.0709. The third-order valence-corrected chi connectivity index (χ3v) is 4.98. The van der Waals surface area contributed by atoms with Gasteiger partial charge in [0.2, 0.25) is 0 Å². The van der Waals surface area contributed by atoms with Crippen molar-refractivity contribution in [3.63, 3.8) is 0 Å². The highest BCUT2D eigenvalue weighted by atomic mass is 19.1. The molecule has 1 unspecified atom stereocenters. The maximum atomic E-state index is 14.0. The van der Waals surface area contributed by atoms with Crippen molar-refractivity contribution in [3.05, 3.63) is 59.4 Å². The lowest BCUT2D eigenvalue weighted by atomic mass is 10.1. The predicted molar refractivity (Wildman–Crippen MR) is 104 cm³/mol. The molecule has 146 valence electrons. The number of nitrogens with zero attached hydrogens (tertiary/aromatic N) is 1. The third kappa shape index (κ3) is 5.68. The summed E-state index contributed by atoms with van der Waals surface area (Å²) in [6.07, 6.45) is 3.41. The van der Waals surface area contributed by atoms with E-state index in [0.29, 0.717) is 6.54 Å². The van der Waals surface area contributed by atoms with E-state index in [-0.39, 0.29) is 17.7 Å². The molecule has 1 fully saturated rings. The Morgan fingerprint density at radius 3 is 2.48 bits per heavy atom. The maximum absolute atomic E-state index is 14.0. The first-order valence-corrected chi connectivity index (χ1v) is 9.47. The number of benzene rings is 2. The Bertz CT molecular complexity index is 714. The van der Waals surface area contributed by atoms with Crippen LogP contribution in [0.15, 0.2) is 42.5 Å². The van der Waals surface area contributed by atoms with Crippen molar-refractivity contribution < 1.29 is 18.6 Å². The van der Waals surface area contributed by atoms with Crippen molar-refractivity contribution in [2.45, 2.75) is 31.9 Å². The topological polar surface area (TPSA) is 30.9 Å². The van der Waals surface area contributed by atoms with E-state index in [1.807, 2.05) is 18.2 Å². The molecule has 0 aliphatic carbocycles. The van der Waals surface area contributed by atoms with Crippen LogP contribution in [0.1, 0.15) is 24.0 Å². The van der Waals surface area contributed by atoms with Gasteiger partial charge in [0.1, 0.15) is 5.75 Å². The van der Waals surface area contributed by atoms with Crippen molar-refractivity contribution in [2.24, 2.45) is 0 Å². The Morgan fingerprint density at radius 1 is 1.07 bits per heavy atom. The van der Waals surface area contributed by atoms with Crippen LogP contribution in [0, 0.1) is 5.82 Å². The minimum Gasteiger partial charge on any atom is -0.497 e. The zero-order valence-electron chi connectivity index (χ0n) is 16.1. The Kier molecular flexibility index (Phi) is 7.07. The van der Waals surface area contributed by atoms with Gasteiger partial charge in [0.25, 0.3) is 0 Å². The highest BCUT2D eigenvalue weighted by molar-refractivity contribution is 5.29. The highest BCUT2D eigenvalue weighted by Gasteiger charge is 2.19. The van der Waals surface area contributed by atoms with Crippen molar-refractivity contribution in [1.82, 2.24) is 4.90 Å². The molecule has 0 N–H and O–H groups in total. The molecule has 1 aliphatic heterocycles. The standard InChI is InChI=1S/C22H28FNO3/c1-25-19-8-5-17(6-9-19)11-12-24(16-20-4-3-13-27-20)15-18-7-10-22(26-2)21(23)14-18/h5-10,14,20H,3-4,11-13,15-16H2,1-2H3. The zero-order valence-corrected chi connectivity index (χ0v) is 16.1. The summed E-state index contributed by atoms with van der Waals surface area (Å²) in [5.74, 6) is 0.827. The second-order valence-electron chi connectivity index (χ2n) is 6.94. The molecule has 0 aromatic heterocycles. The summed E-state index contributed by atoms with van der Waals surface area (Å²) < 4.78 is 30.1. The smallest absolute Gasteiger partial charge is 0.165 e. The van der Waals surface area contributed by atoms with E-state index in [4.69, 9.17) is 14.2 Å². The van der Waals surface area contributed by atoms with Crippen molar-refractivity contribution in [1.29, 1.82) is 0 Å². The Hall–Kier alpha value is -2.11. The SMILES string of the molecule is COc1ccc(CCN(Cc2ccc(OC)c(F)c2)CC2CCCO2)cc1. The van der Waals surface area contributed by atoms with Gasteiger partial charge in [0.05, 0.1) is 20.3 Å². The lowest BCUT2D eigenvalue weighted by Crippen LogP contribution is -2.33. The molecular weight excluding hydrogens is 345 g/mol. The molecule has 2 aromatic carbocycles. The van der Waals surface area contributed by atoms with Gasteiger partial charge in [-0.25, -0.2) is 4.39 Å². The van der Waals surface area contributed by atoms with Crippen LogP contribution >= 0.6 is 0 Å². The van der Waals surface area contributed by atoms with Crippen LogP contribution in [0.3, 0.4) is 0 Å². The van der Waals surface area contributed by atoms with Crippen LogP contribution in [0.4, 0.5) is 4.39 Å². The van der Waals surface area contributed by atoms with E-state index in [2.05, 4.69) is 17.0 Å². The van der Waals surface area contributed by atoms with Gasteiger partial charge in [-0.1, -0.05) is 18.2 Å². The van der Waals surface area contributed by atoms with Crippen molar-refractivity contribution in [3.8, 4) is 11.5 Å². The fourth-order valence-electron chi connectivity index (χ4n) is 3.46. The zero-order chi connectivity index (χ0) is 19.1. The number of ether oxygens (including phenoxy) is 3. The Balaban J connectivity index is 1.64. The minimum absolute atomic E-state index is 0.268. The average Bonchev–Trinajstić information content (AvgIpc) is 3.20. The summed E-state index contributed by atoms with van der Waals surface area (Å²) in [6, 6.07) is 13.3. The Labute approximate surface area is 160 Å². The molecular formula is C22H28FNO3. The van der Waals surface area contributed by atoms with Crippen LogP contribution in [0.2, 0.25) is 0 Å². The number of methoxy groups -OCH3 is 2. The quantitative estimate of drug-likeness (QED) is 0.663. The summed E-state index contributed by atoms with van der Waals surface area (Å²) in [5.41, 5.74) is 2.20. The van der Waals surface area contributed by atoms with Crippen LogP contribution in [-0.4, -0.2) is 44.9 Å². The van der Waals surface area contributed by atoms with Crippen LogP contribution in [-0.2, 0) is 17.7 Å². The van der Waals surface area contributed by atoms with Gasteiger partial charge in [-0.05, 0) is 54.7 Å². The molecule has 1 heterocycles. The van der Waals surface area contributed by atoms with Gasteiger partial charge in [-0.15, -0.1) is 0 Å². The van der Waals surface area contributed by atoms with E-state index in [1.165, 1.54) is 12.7 Å². The molecule has 1 atom stereocenters. The van der Waals surface area contributed by atoms with Gasteiger partial charge in [0, 0.05) is 26.2 Å². The first kappa shape index (κ1) is 19.6. The second-order valence-corrected chi connectivity index (χ2v) is 6.94.